The van der Waals surface area contributed by atoms with Crippen molar-refractivity contribution in [3.8, 4) is 17.0 Å². The number of benzene rings is 2. The Kier molecular flexibility index (Phi) is 8.54. The van der Waals surface area contributed by atoms with Gasteiger partial charge < -0.3 is 14.6 Å². The Labute approximate surface area is 225 Å². The standard InChI is InChI=1S/C28H28FN3O6S/c1-4-38-17-24-31-27(33)25(28(34)32(24)23(16-37-3)20-8-6-5-7-9-20)39(35,36)21-12-10-19(11-13-21)22-14-15-30-26(29)18(22)2/h5-15,23,33H,4,16-17H2,1-3H3/t23-/m0/s1. The predicted molar refractivity (Wildman–Crippen MR) is 142 cm³/mol. The van der Waals surface area contributed by atoms with Gasteiger partial charge in [0.15, 0.2) is 4.90 Å². The summed E-state index contributed by atoms with van der Waals surface area (Å²) < 4.78 is 53.3. The van der Waals surface area contributed by atoms with Crippen molar-refractivity contribution in [2.75, 3.05) is 20.3 Å². The molecular formula is C28H28FN3O6S. The van der Waals surface area contributed by atoms with Crippen molar-refractivity contribution >= 4 is 9.84 Å². The van der Waals surface area contributed by atoms with Gasteiger partial charge in [-0.25, -0.2) is 13.4 Å². The molecule has 2 aromatic carbocycles. The van der Waals surface area contributed by atoms with Crippen molar-refractivity contribution < 1.29 is 27.4 Å². The molecule has 0 saturated carbocycles. The van der Waals surface area contributed by atoms with Gasteiger partial charge in [0, 0.05) is 25.5 Å². The summed E-state index contributed by atoms with van der Waals surface area (Å²) in [5, 5.41) is 10.7. The fourth-order valence-corrected chi connectivity index (χ4v) is 5.65. The lowest BCUT2D eigenvalue weighted by atomic mass is 10.0. The molecule has 0 aliphatic carbocycles. The molecule has 0 aliphatic heterocycles. The third-order valence-corrected chi connectivity index (χ3v) is 8.06. The van der Waals surface area contributed by atoms with Crippen molar-refractivity contribution in [1.29, 1.82) is 0 Å². The molecule has 4 aromatic rings. The second kappa shape index (κ2) is 11.9. The quantitative estimate of drug-likeness (QED) is 0.292. The molecule has 0 saturated heterocycles. The van der Waals surface area contributed by atoms with Crippen LogP contribution in [0.1, 0.15) is 29.9 Å². The molecule has 1 N–H and O–H groups in total. The molecule has 39 heavy (non-hydrogen) atoms. The molecule has 0 radical (unpaired) electrons. The van der Waals surface area contributed by atoms with Gasteiger partial charge in [-0.05, 0) is 48.7 Å². The molecule has 2 aromatic heterocycles. The van der Waals surface area contributed by atoms with Gasteiger partial charge in [0.25, 0.3) is 5.56 Å². The molecule has 11 heteroatoms. The number of ether oxygens (including phenoxy) is 2. The van der Waals surface area contributed by atoms with Crippen LogP contribution < -0.4 is 5.56 Å². The van der Waals surface area contributed by atoms with Crippen molar-refractivity contribution in [2.24, 2.45) is 0 Å². The normalized spacial score (nSPS) is 12.4. The topological polar surface area (TPSA) is 121 Å². The van der Waals surface area contributed by atoms with Crippen LogP contribution in [0.2, 0.25) is 0 Å². The van der Waals surface area contributed by atoms with Crippen LogP contribution in [0.5, 0.6) is 5.88 Å². The zero-order valence-corrected chi connectivity index (χ0v) is 22.5. The maximum Gasteiger partial charge on any atom is 0.277 e. The highest BCUT2D eigenvalue weighted by molar-refractivity contribution is 7.91. The van der Waals surface area contributed by atoms with Crippen LogP contribution in [0.4, 0.5) is 4.39 Å². The Morgan fingerprint density at radius 3 is 2.41 bits per heavy atom. The number of aromatic hydroxyl groups is 1. The summed E-state index contributed by atoms with van der Waals surface area (Å²) in [6, 6.07) is 15.4. The second-order valence-corrected chi connectivity index (χ2v) is 10.6. The molecule has 0 bridgehead atoms. The molecule has 0 amide bonds. The highest BCUT2D eigenvalue weighted by Gasteiger charge is 2.32. The highest BCUT2D eigenvalue weighted by atomic mass is 32.2. The third-order valence-electron chi connectivity index (χ3n) is 6.27. The Balaban J connectivity index is 1.87. The number of hydrogen-bond donors (Lipinski definition) is 1. The summed E-state index contributed by atoms with van der Waals surface area (Å²) in [7, 11) is -3.06. The van der Waals surface area contributed by atoms with E-state index in [0.29, 0.717) is 28.9 Å². The molecule has 2 heterocycles. The average molecular weight is 554 g/mol. The average Bonchev–Trinajstić information content (AvgIpc) is 2.93. The van der Waals surface area contributed by atoms with E-state index in [-0.39, 0.29) is 23.9 Å². The first-order chi connectivity index (χ1) is 18.7. The smallest absolute Gasteiger partial charge is 0.277 e. The molecule has 1 atom stereocenters. The first-order valence-corrected chi connectivity index (χ1v) is 13.6. The van der Waals surface area contributed by atoms with Gasteiger partial charge in [-0.15, -0.1) is 0 Å². The fourth-order valence-electron chi connectivity index (χ4n) is 4.31. The van der Waals surface area contributed by atoms with Crippen molar-refractivity contribution in [1.82, 2.24) is 14.5 Å². The lowest BCUT2D eigenvalue weighted by molar-refractivity contribution is 0.116. The lowest BCUT2D eigenvalue weighted by Crippen LogP contribution is -2.35. The summed E-state index contributed by atoms with van der Waals surface area (Å²) >= 11 is 0. The number of halogens is 1. The number of pyridine rings is 1. The summed E-state index contributed by atoms with van der Waals surface area (Å²) in [5.74, 6) is -1.50. The highest BCUT2D eigenvalue weighted by Crippen LogP contribution is 2.30. The number of sulfone groups is 1. The predicted octanol–water partition coefficient (Wildman–Crippen LogP) is 4.06. The van der Waals surface area contributed by atoms with E-state index < -0.39 is 38.2 Å². The van der Waals surface area contributed by atoms with Crippen molar-refractivity contribution in [3.63, 3.8) is 0 Å². The largest absolute Gasteiger partial charge is 0.492 e. The Morgan fingerprint density at radius 2 is 1.77 bits per heavy atom. The van der Waals surface area contributed by atoms with Gasteiger partial charge in [-0.2, -0.15) is 9.37 Å². The summed E-state index contributed by atoms with van der Waals surface area (Å²) in [6.45, 7) is 3.54. The van der Waals surface area contributed by atoms with Crippen LogP contribution in [0, 0.1) is 12.9 Å². The Morgan fingerprint density at radius 1 is 1.08 bits per heavy atom. The van der Waals surface area contributed by atoms with Gasteiger partial charge in [0.1, 0.15) is 12.4 Å². The van der Waals surface area contributed by atoms with Crippen LogP contribution in [-0.2, 0) is 25.9 Å². The van der Waals surface area contributed by atoms with Crippen LogP contribution in [0.3, 0.4) is 0 Å². The van der Waals surface area contributed by atoms with Crippen LogP contribution in [-0.4, -0.2) is 48.4 Å². The van der Waals surface area contributed by atoms with E-state index in [0.717, 1.165) is 0 Å². The summed E-state index contributed by atoms with van der Waals surface area (Å²) in [4.78, 5) is 20.5. The zero-order valence-electron chi connectivity index (χ0n) is 21.7. The number of rotatable bonds is 10. The fraction of sp³-hybridized carbons (Fsp3) is 0.250. The molecule has 0 unspecified atom stereocenters. The minimum Gasteiger partial charge on any atom is -0.492 e. The van der Waals surface area contributed by atoms with E-state index in [2.05, 4.69) is 9.97 Å². The molecule has 0 spiro atoms. The number of nitrogens with zero attached hydrogens (tertiary/aromatic N) is 3. The van der Waals surface area contributed by atoms with Gasteiger partial charge in [0.2, 0.25) is 21.7 Å². The van der Waals surface area contributed by atoms with E-state index in [9.17, 15) is 22.7 Å². The van der Waals surface area contributed by atoms with E-state index in [1.807, 2.05) is 6.07 Å². The summed E-state index contributed by atoms with van der Waals surface area (Å²) in [6.07, 6.45) is 1.32. The van der Waals surface area contributed by atoms with Gasteiger partial charge in [-0.3, -0.25) is 9.36 Å². The molecule has 204 valence electrons. The monoisotopic (exact) mass is 553 g/mol. The van der Waals surface area contributed by atoms with Crippen LogP contribution in [0.25, 0.3) is 11.1 Å². The first kappa shape index (κ1) is 28.1. The van der Waals surface area contributed by atoms with Gasteiger partial charge >= 0.3 is 0 Å². The van der Waals surface area contributed by atoms with E-state index in [1.165, 1.54) is 42.1 Å². The molecule has 0 aliphatic rings. The van der Waals surface area contributed by atoms with Gasteiger partial charge in [-0.1, -0.05) is 42.5 Å². The number of hydrogen-bond acceptors (Lipinski definition) is 8. The van der Waals surface area contributed by atoms with Crippen molar-refractivity contribution in [3.05, 3.63) is 100 Å². The molecular weight excluding hydrogens is 525 g/mol. The minimum atomic E-state index is -4.52. The van der Waals surface area contributed by atoms with Gasteiger partial charge in [0.05, 0.1) is 17.5 Å². The zero-order chi connectivity index (χ0) is 28.2. The maximum absolute atomic E-state index is 13.9. The second-order valence-electron chi connectivity index (χ2n) is 8.68. The molecule has 9 nitrogen and oxygen atoms in total. The summed E-state index contributed by atoms with van der Waals surface area (Å²) in [5.41, 5.74) is 1.14. The minimum absolute atomic E-state index is 0.0333. The first-order valence-electron chi connectivity index (χ1n) is 12.1. The SMILES string of the molecule is CCOCc1nc(O)c(S(=O)(=O)c2ccc(-c3ccnc(F)c3C)cc2)c(=O)n1[C@@H](COC)c1ccccc1. The molecule has 0 fully saturated rings. The Bertz CT molecular complexity index is 1620. The maximum atomic E-state index is 13.9. The van der Waals surface area contributed by atoms with Crippen LogP contribution in [0.15, 0.2) is 81.4 Å². The number of methoxy groups -OCH3 is 1. The van der Waals surface area contributed by atoms with Crippen molar-refractivity contribution in [2.45, 2.75) is 36.3 Å². The van der Waals surface area contributed by atoms with E-state index >= 15 is 0 Å². The van der Waals surface area contributed by atoms with E-state index in [1.54, 1.807) is 44.2 Å². The number of aromatic nitrogens is 3. The molecule has 4 rings (SSSR count). The van der Waals surface area contributed by atoms with E-state index in [4.69, 9.17) is 9.47 Å². The third kappa shape index (κ3) is 5.60. The Hall–Kier alpha value is -3.93. The van der Waals surface area contributed by atoms with Crippen LogP contribution >= 0.6 is 0 Å². The lowest BCUT2D eigenvalue weighted by Gasteiger charge is -2.23.